The number of rotatable bonds is 6. The Bertz CT molecular complexity index is 1180. The molecular weight excluding hydrogens is 500 g/mol. The summed E-state index contributed by atoms with van der Waals surface area (Å²) in [6.45, 7) is 3.47. The van der Waals surface area contributed by atoms with Gasteiger partial charge in [-0.15, -0.1) is 0 Å². The summed E-state index contributed by atoms with van der Waals surface area (Å²) < 4.78 is 24.9. The summed E-state index contributed by atoms with van der Waals surface area (Å²) in [6, 6.07) is 7.04. The number of esters is 1. The lowest BCUT2D eigenvalue weighted by atomic mass is 9.44. The van der Waals surface area contributed by atoms with E-state index in [1.165, 1.54) is 0 Å². The van der Waals surface area contributed by atoms with Crippen LogP contribution in [0.4, 0.5) is 5.69 Å². The molecule has 214 valence electrons. The van der Waals surface area contributed by atoms with Gasteiger partial charge in [0.2, 0.25) is 0 Å². The molecule has 1 heterocycles. The second kappa shape index (κ2) is 8.39. The average Bonchev–Trinajstić information content (AvgIpc) is 3.35. The third-order valence-corrected chi connectivity index (χ3v) is 12.4. The molecule has 9 nitrogen and oxygen atoms in total. The second-order valence-electron chi connectivity index (χ2n) is 13.0. The third kappa shape index (κ3) is 2.80. The van der Waals surface area contributed by atoms with Crippen molar-refractivity contribution in [2.75, 3.05) is 40.2 Å². The van der Waals surface area contributed by atoms with E-state index >= 15 is 0 Å². The van der Waals surface area contributed by atoms with Gasteiger partial charge in [-0.3, -0.25) is 4.90 Å². The summed E-state index contributed by atoms with van der Waals surface area (Å²) in [5, 5.41) is 25.6. The minimum absolute atomic E-state index is 0.00601. The number of likely N-dealkylation sites (N-methyl/N-ethyl adjacent to an activating group) is 1. The first-order valence-electron chi connectivity index (χ1n) is 14.5. The molecule has 0 aromatic heterocycles. The molecule has 12 atom stereocenters. The molecular formula is C30H42N2O7. The highest BCUT2D eigenvalue weighted by Crippen LogP contribution is 2.79. The van der Waals surface area contributed by atoms with Crippen LogP contribution in [0.15, 0.2) is 24.3 Å². The van der Waals surface area contributed by atoms with Gasteiger partial charge in [-0.2, -0.15) is 0 Å². The van der Waals surface area contributed by atoms with Gasteiger partial charge in [0.15, 0.2) is 0 Å². The number of nitrogens with two attached hydrogens (primary N) is 1. The zero-order valence-electron chi connectivity index (χ0n) is 23.3. The maximum Gasteiger partial charge on any atom is 0.340 e. The SMILES string of the molecule is CCN1C[C@]2(OC(=O)c3ccccc3N)CC[C@H](OC)[C@]34[C@@H]2C[C@@H]([C@@H]13)[C@@]1(O)C[C@H](OC)[C@H]2C[C@@H]4[C@]1(O)[C@H]2OC. The molecule has 7 bridgehead atoms. The van der Waals surface area contributed by atoms with Crippen LogP contribution in [-0.4, -0.2) is 96.7 Å². The first-order valence-corrected chi connectivity index (χ1v) is 14.5. The Morgan fingerprint density at radius 1 is 1.10 bits per heavy atom. The highest BCUT2D eigenvalue weighted by Gasteiger charge is 2.89. The van der Waals surface area contributed by atoms with Crippen LogP contribution in [0.2, 0.25) is 0 Å². The number of hydrogen-bond donors (Lipinski definition) is 3. The Hall–Kier alpha value is -1.75. The highest BCUT2D eigenvalue weighted by molar-refractivity contribution is 5.95. The van der Waals surface area contributed by atoms with E-state index in [0.717, 1.165) is 6.54 Å². The molecule has 5 saturated carbocycles. The molecule has 0 amide bonds. The Morgan fingerprint density at radius 2 is 1.87 bits per heavy atom. The predicted molar refractivity (Wildman–Crippen MR) is 142 cm³/mol. The van der Waals surface area contributed by atoms with E-state index in [1.54, 1.807) is 39.5 Å². The second-order valence-corrected chi connectivity index (χ2v) is 13.0. The van der Waals surface area contributed by atoms with E-state index in [1.807, 2.05) is 6.07 Å². The van der Waals surface area contributed by atoms with E-state index in [9.17, 15) is 15.0 Å². The number of hydrogen-bond acceptors (Lipinski definition) is 9. The van der Waals surface area contributed by atoms with Gasteiger partial charge in [0.25, 0.3) is 0 Å². The molecule has 9 heteroatoms. The lowest BCUT2D eigenvalue weighted by Crippen LogP contribution is -2.83. The van der Waals surface area contributed by atoms with Gasteiger partial charge in [0, 0.05) is 75.1 Å². The van der Waals surface area contributed by atoms with E-state index in [4.69, 9.17) is 24.7 Å². The van der Waals surface area contributed by atoms with Gasteiger partial charge in [-0.25, -0.2) is 4.79 Å². The molecule has 6 fully saturated rings. The summed E-state index contributed by atoms with van der Waals surface area (Å²) in [5.74, 6) is -1.06. The maximum atomic E-state index is 13.7. The number of likely N-dealkylation sites (tertiary alicyclic amines) is 1. The van der Waals surface area contributed by atoms with Crippen molar-refractivity contribution >= 4 is 11.7 Å². The molecule has 0 radical (unpaired) electrons. The first kappa shape index (κ1) is 26.2. The molecule has 6 aliphatic rings. The molecule has 1 saturated heterocycles. The largest absolute Gasteiger partial charge is 0.454 e. The summed E-state index contributed by atoms with van der Waals surface area (Å²) >= 11 is 0. The van der Waals surface area contributed by atoms with E-state index in [0.29, 0.717) is 49.9 Å². The number of carbonyl (C=O) groups is 1. The van der Waals surface area contributed by atoms with Gasteiger partial charge in [-0.1, -0.05) is 19.1 Å². The van der Waals surface area contributed by atoms with Gasteiger partial charge >= 0.3 is 5.97 Å². The van der Waals surface area contributed by atoms with Crippen LogP contribution in [0.5, 0.6) is 0 Å². The van der Waals surface area contributed by atoms with E-state index in [2.05, 4.69) is 11.8 Å². The van der Waals surface area contributed by atoms with Gasteiger partial charge in [0.1, 0.15) is 16.8 Å². The zero-order chi connectivity index (χ0) is 27.5. The fourth-order valence-corrected chi connectivity index (χ4v) is 11.3. The van der Waals surface area contributed by atoms with E-state index < -0.39 is 34.3 Å². The molecule has 7 rings (SSSR count). The number of fused-ring (bicyclic) bond motifs is 2. The zero-order valence-corrected chi connectivity index (χ0v) is 23.3. The van der Waals surface area contributed by atoms with Gasteiger partial charge < -0.3 is 34.9 Å². The smallest absolute Gasteiger partial charge is 0.340 e. The summed E-state index contributed by atoms with van der Waals surface area (Å²) in [7, 11) is 5.09. The lowest BCUT2D eigenvalue weighted by molar-refractivity contribution is -0.337. The van der Waals surface area contributed by atoms with Crippen molar-refractivity contribution < 1.29 is 34.0 Å². The first-order chi connectivity index (χ1) is 18.7. The number of nitrogens with zero attached hydrogens (tertiary/aromatic N) is 1. The third-order valence-electron chi connectivity index (χ3n) is 12.4. The highest BCUT2D eigenvalue weighted by atomic mass is 16.6. The lowest BCUT2D eigenvalue weighted by Gasteiger charge is -2.70. The number of carbonyl (C=O) groups excluding carboxylic acids is 1. The van der Waals surface area contributed by atoms with Crippen LogP contribution >= 0.6 is 0 Å². The topological polar surface area (TPSA) is 124 Å². The Kier molecular flexibility index (Phi) is 5.63. The number of piperidine rings is 1. The Labute approximate surface area is 229 Å². The number of anilines is 1. The van der Waals surface area contributed by atoms with Crippen LogP contribution in [0, 0.1) is 29.1 Å². The predicted octanol–water partition coefficient (Wildman–Crippen LogP) is 1.85. The quantitative estimate of drug-likeness (QED) is 0.365. The summed E-state index contributed by atoms with van der Waals surface area (Å²) in [5.41, 5.74) is 2.84. The van der Waals surface area contributed by atoms with Crippen molar-refractivity contribution in [1.29, 1.82) is 0 Å². The normalized spacial score (nSPS) is 51.1. The van der Waals surface area contributed by atoms with Gasteiger partial charge in [-0.05, 0) is 44.4 Å². The monoisotopic (exact) mass is 542 g/mol. The molecule has 5 aliphatic carbocycles. The number of ether oxygens (including phenoxy) is 4. The van der Waals surface area contributed by atoms with Crippen molar-refractivity contribution in [2.24, 2.45) is 29.1 Å². The number of nitrogen functional groups attached to an aromatic ring is 1. The Morgan fingerprint density at radius 3 is 2.54 bits per heavy atom. The molecule has 39 heavy (non-hydrogen) atoms. The maximum absolute atomic E-state index is 13.7. The molecule has 4 N–H and O–H groups in total. The average molecular weight is 543 g/mol. The number of benzene rings is 1. The van der Waals surface area contributed by atoms with E-state index in [-0.39, 0.29) is 41.9 Å². The molecule has 1 spiro atoms. The van der Waals surface area contributed by atoms with Crippen molar-refractivity contribution in [1.82, 2.24) is 4.90 Å². The van der Waals surface area contributed by atoms with Crippen LogP contribution in [0.3, 0.4) is 0 Å². The fourth-order valence-electron chi connectivity index (χ4n) is 11.3. The van der Waals surface area contributed by atoms with Gasteiger partial charge in [0.05, 0.1) is 23.9 Å². The van der Waals surface area contributed by atoms with Crippen LogP contribution in [0.1, 0.15) is 49.4 Å². The fraction of sp³-hybridized carbons (Fsp3) is 0.767. The molecule has 1 aliphatic heterocycles. The van der Waals surface area contributed by atoms with Crippen molar-refractivity contribution in [3.8, 4) is 0 Å². The minimum Gasteiger partial charge on any atom is -0.454 e. The van der Waals surface area contributed by atoms with Crippen LogP contribution in [0.25, 0.3) is 0 Å². The molecule has 0 unspecified atom stereocenters. The number of aliphatic hydroxyl groups is 2. The summed E-state index contributed by atoms with van der Waals surface area (Å²) in [4.78, 5) is 16.1. The number of methoxy groups -OCH3 is 3. The van der Waals surface area contributed by atoms with Crippen molar-refractivity contribution in [2.45, 2.75) is 80.2 Å². The standard InChI is InChI=1S/C30H42N2O7/c1-5-32-15-27(39-26(33)16-8-6-7-9-19(16)31)11-10-23(37-3)29-21(27)13-18(24(29)32)28(34)14-20(36-2)17-12-22(29)30(28,35)25(17)38-4/h6-9,17-18,20-25,34-35H,5,10-15,31H2,1-4H3/t17-,18+,20+,21-,22+,23+,24-,25+,27-,28+,29-,30+/m1/s1. The summed E-state index contributed by atoms with van der Waals surface area (Å²) in [6.07, 6.45) is 2.17. The number of para-hydroxylation sites is 1. The molecule has 1 aromatic rings. The van der Waals surface area contributed by atoms with Crippen molar-refractivity contribution in [3.05, 3.63) is 29.8 Å². The Balaban J connectivity index is 1.42. The van der Waals surface area contributed by atoms with Crippen LogP contribution in [-0.2, 0) is 18.9 Å². The minimum atomic E-state index is -1.44. The van der Waals surface area contributed by atoms with Crippen LogP contribution < -0.4 is 5.73 Å². The molecule has 1 aromatic carbocycles. The van der Waals surface area contributed by atoms with Crippen molar-refractivity contribution in [3.63, 3.8) is 0 Å².